The Morgan fingerprint density at radius 1 is 0.793 bits per heavy atom. The quantitative estimate of drug-likeness (QED) is 0.284. The lowest BCUT2D eigenvalue weighted by molar-refractivity contribution is -0.110. The Kier molecular flexibility index (Phi) is 6.84. The van der Waals surface area contributed by atoms with Crippen molar-refractivity contribution in [2.24, 2.45) is 10.3 Å². The molecule has 0 aliphatic rings. The van der Waals surface area contributed by atoms with Gasteiger partial charge in [-0.3, -0.25) is 10.2 Å². The number of hydrogen-bond donors (Lipinski definition) is 3. The van der Waals surface area contributed by atoms with Gasteiger partial charge >= 0.3 is 0 Å². The summed E-state index contributed by atoms with van der Waals surface area (Å²) in [5.74, 6) is -0.640. The first kappa shape index (κ1) is 20.4. The number of carbonyl (C=O) groups is 1. The Labute approximate surface area is 177 Å². The lowest BCUT2D eigenvalue weighted by atomic mass is 10.1. The van der Waals surface area contributed by atoms with Crippen LogP contribution in [0.25, 0.3) is 0 Å². The van der Waals surface area contributed by atoms with Crippen molar-refractivity contribution in [3.05, 3.63) is 94.5 Å². The minimum Gasteiger partial charge on any atom is -0.410 e. The van der Waals surface area contributed by atoms with Gasteiger partial charge in [0.25, 0.3) is 5.91 Å². The van der Waals surface area contributed by atoms with Crippen LogP contribution in [0.5, 0.6) is 0 Å². The van der Waals surface area contributed by atoms with Crippen molar-refractivity contribution in [2.45, 2.75) is 0 Å². The molecule has 1 amide bonds. The third-order valence-corrected chi connectivity index (χ3v) is 4.33. The van der Waals surface area contributed by atoms with Crippen molar-refractivity contribution in [3.63, 3.8) is 0 Å². The molecular weight excluding hydrogens is 411 g/mol. The zero-order valence-corrected chi connectivity index (χ0v) is 16.5. The molecule has 0 fully saturated rings. The number of nitrogens with zero attached hydrogens (tertiary/aromatic N) is 2. The van der Waals surface area contributed by atoms with Crippen LogP contribution in [-0.4, -0.2) is 22.5 Å². The average Bonchev–Trinajstić information content (AvgIpc) is 2.74. The van der Waals surface area contributed by atoms with Crippen LogP contribution in [0.3, 0.4) is 0 Å². The van der Waals surface area contributed by atoms with Crippen LogP contribution in [0.4, 0.5) is 11.4 Å². The largest absolute Gasteiger partial charge is 0.410 e. The smallest absolute Gasteiger partial charge is 0.280 e. The standard InChI is InChI=1S/C21H16Cl2N4O2/c22-15-8-6-14(7-9-15)19(26-25-18-4-2-1-3-5-18)20(27-29)21(28)24-17-12-10-16(23)11-13-17/h1-13,25,29H,(H,24,28)/b26-19-,27-20-. The highest BCUT2D eigenvalue weighted by atomic mass is 35.5. The molecule has 29 heavy (non-hydrogen) atoms. The number of para-hydroxylation sites is 1. The highest BCUT2D eigenvalue weighted by Gasteiger charge is 2.22. The van der Waals surface area contributed by atoms with Crippen LogP contribution >= 0.6 is 23.2 Å². The van der Waals surface area contributed by atoms with Crippen LogP contribution in [0.1, 0.15) is 5.56 Å². The van der Waals surface area contributed by atoms with E-state index in [9.17, 15) is 10.0 Å². The Hall–Kier alpha value is -3.35. The monoisotopic (exact) mass is 426 g/mol. The third-order valence-electron chi connectivity index (χ3n) is 3.83. The molecule has 0 heterocycles. The van der Waals surface area contributed by atoms with Gasteiger partial charge in [-0.1, -0.05) is 58.7 Å². The van der Waals surface area contributed by atoms with E-state index in [-0.39, 0.29) is 11.4 Å². The van der Waals surface area contributed by atoms with Gasteiger partial charge in [-0.2, -0.15) is 5.10 Å². The minimum absolute atomic E-state index is 0.138. The molecule has 0 saturated carbocycles. The fraction of sp³-hybridized carbons (Fsp3) is 0. The van der Waals surface area contributed by atoms with E-state index >= 15 is 0 Å². The minimum atomic E-state index is -0.640. The molecular formula is C21H16Cl2N4O2. The van der Waals surface area contributed by atoms with Gasteiger partial charge in [0.15, 0.2) is 5.71 Å². The normalized spacial score (nSPS) is 11.8. The van der Waals surface area contributed by atoms with E-state index < -0.39 is 5.91 Å². The number of carbonyl (C=O) groups excluding carboxylic acids is 1. The van der Waals surface area contributed by atoms with Gasteiger partial charge in [-0.15, -0.1) is 0 Å². The van der Waals surface area contributed by atoms with Gasteiger partial charge in [0.2, 0.25) is 0 Å². The number of amides is 1. The van der Waals surface area contributed by atoms with Crippen LogP contribution in [0, 0.1) is 0 Å². The number of halogens is 2. The van der Waals surface area contributed by atoms with Crippen molar-refractivity contribution in [1.82, 2.24) is 0 Å². The predicted octanol–water partition coefficient (Wildman–Crippen LogP) is 5.28. The summed E-state index contributed by atoms with van der Waals surface area (Å²) in [6.45, 7) is 0. The maximum atomic E-state index is 12.8. The van der Waals surface area contributed by atoms with E-state index in [0.29, 0.717) is 27.0 Å². The number of oxime groups is 1. The SMILES string of the molecule is O=C(Nc1ccc(Cl)cc1)C(=N\O)/C(=N\Nc1ccccc1)c1ccc(Cl)cc1. The molecule has 6 nitrogen and oxygen atoms in total. The van der Waals surface area contributed by atoms with Gasteiger partial charge in [0.05, 0.1) is 5.69 Å². The fourth-order valence-electron chi connectivity index (χ4n) is 2.42. The van der Waals surface area contributed by atoms with Crippen molar-refractivity contribution < 1.29 is 10.0 Å². The van der Waals surface area contributed by atoms with E-state index in [1.54, 1.807) is 48.5 Å². The Balaban J connectivity index is 1.92. The molecule has 8 heteroatoms. The van der Waals surface area contributed by atoms with Gasteiger partial charge in [0.1, 0.15) is 5.71 Å². The topological polar surface area (TPSA) is 86.1 Å². The Bertz CT molecular complexity index is 1030. The highest BCUT2D eigenvalue weighted by molar-refractivity contribution is 6.71. The number of hydrazone groups is 1. The summed E-state index contributed by atoms with van der Waals surface area (Å²) >= 11 is 11.8. The van der Waals surface area contributed by atoms with Gasteiger partial charge < -0.3 is 10.5 Å². The number of nitrogens with one attached hydrogen (secondary N) is 2. The van der Waals surface area contributed by atoms with Crippen molar-refractivity contribution in [2.75, 3.05) is 10.7 Å². The number of anilines is 2. The summed E-state index contributed by atoms with van der Waals surface area (Å²) in [5, 5.41) is 20.8. The molecule has 0 aromatic heterocycles. The van der Waals surface area contributed by atoms with E-state index in [0.717, 1.165) is 0 Å². The average molecular weight is 427 g/mol. The summed E-state index contributed by atoms with van der Waals surface area (Å²) in [7, 11) is 0. The highest BCUT2D eigenvalue weighted by Crippen LogP contribution is 2.15. The maximum Gasteiger partial charge on any atom is 0.280 e. The zero-order valence-electron chi connectivity index (χ0n) is 15.0. The molecule has 146 valence electrons. The maximum absolute atomic E-state index is 12.8. The summed E-state index contributed by atoms with van der Waals surface area (Å²) in [6.07, 6.45) is 0. The van der Waals surface area contributed by atoms with E-state index in [4.69, 9.17) is 23.2 Å². The molecule has 3 rings (SSSR count). The second-order valence-electron chi connectivity index (χ2n) is 5.85. The number of rotatable bonds is 6. The molecule has 0 unspecified atom stereocenters. The first-order valence-corrected chi connectivity index (χ1v) is 9.26. The van der Waals surface area contributed by atoms with E-state index in [1.165, 1.54) is 0 Å². The molecule has 0 spiro atoms. The summed E-state index contributed by atoms with van der Waals surface area (Å²) < 4.78 is 0. The predicted molar refractivity (Wildman–Crippen MR) is 117 cm³/mol. The number of benzene rings is 3. The fourth-order valence-corrected chi connectivity index (χ4v) is 2.67. The third kappa shape index (κ3) is 5.57. The molecule has 0 aliphatic heterocycles. The molecule has 0 radical (unpaired) electrons. The lowest BCUT2D eigenvalue weighted by Crippen LogP contribution is -2.31. The van der Waals surface area contributed by atoms with Crippen LogP contribution in [-0.2, 0) is 4.79 Å². The first-order valence-electron chi connectivity index (χ1n) is 8.51. The van der Waals surface area contributed by atoms with Crippen LogP contribution < -0.4 is 10.7 Å². The molecule has 0 atom stereocenters. The second-order valence-corrected chi connectivity index (χ2v) is 6.73. The Morgan fingerprint density at radius 2 is 1.38 bits per heavy atom. The van der Waals surface area contributed by atoms with Gasteiger partial charge in [-0.25, -0.2) is 0 Å². The van der Waals surface area contributed by atoms with E-state index in [2.05, 4.69) is 21.0 Å². The lowest BCUT2D eigenvalue weighted by Gasteiger charge is -2.11. The van der Waals surface area contributed by atoms with Crippen LogP contribution in [0.2, 0.25) is 10.0 Å². The van der Waals surface area contributed by atoms with E-state index in [1.807, 2.05) is 30.3 Å². The Morgan fingerprint density at radius 3 is 1.97 bits per heavy atom. The van der Waals surface area contributed by atoms with Crippen molar-refractivity contribution in [3.8, 4) is 0 Å². The summed E-state index contributed by atoms with van der Waals surface area (Å²) in [4.78, 5) is 12.8. The second kappa shape index (κ2) is 9.73. The molecule has 3 aromatic carbocycles. The number of hydrogen-bond acceptors (Lipinski definition) is 5. The van der Waals surface area contributed by atoms with Crippen molar-refractivity contribution >= 4 is 51.9 Å². The van der Waals surface area contributed by atoms with Crippen molar-refractivity contribution in [1.29, 1.82) is 0 Å². The molecule has 0 bridgehead atoms. The summed E-state index contributed by atoms with van der Waals surface area (Å²) in [5.41, 5.74) is 4.46. The molecule has 0 aliphatic carbocycles. The molecule has 3 aromatic rings. The first-order chi connectivity index (χ1) is 14.1. The van der Waals surface area contributed by atoms with Gasteiger partial charge in [0, 0.05) is 21.3 Å². The molecule has 3 N–H and O–H groups in total. The zero-order chi connectivity index (χ0) is 20.6. The molecule has 0 saturated heterocycles. The van der Waals surface area contributed by atoms with Gasteiger partial charge in [-0.05, 0) is 48.5 Å². The van der Waals surface area contributed by atoms with Crippen LogP contribution in [0.15, 0.2) is 89.1 Å². The summed E-state index contributed by atoms with van der Waals surface area (Å²) in [6, 6.07) is 22.4.